The molecule has 1 heterocycles. The number of carbonyl (C=O) groups excluding carboxylic acids is 1. The summed E-state index contributed by atoms with van der Waals surface area (Å²) in [5.74, 6) is -0.387. The first-order chi connectivity index (χ1) is 11.7. The van der Waals surface area contributed by atoms with Crippen LogP contribution in [0.5, 0.6) is 0 Å². The molecule has 0 fully saturated rings. The fraction of sp³-hybridized carbons (Fsp3) is 0.350. The maximum Gasteiger partial charge on any atom is 0.323 e. The minimum atomic E-state index is -0.239. The molecule has 1 unspecified atom stereocenters. The number of esters is 1. The Labute approximate surface area is 142 Å². The molecule has 0 amide bonds. The predicted octanol–water partition coefficient (Wildman–Crippen LogP) is 3.36. The SMILES string of the molecule is COC(=O)C1Cc2ccccc2CN1CCCc1cccc(F)c1. The van der Waals surface area contributed by atoms with Gasteiger partial charge in [0.2, 0.25) is 0 Å². The Hall–Kier alpha value is -2.20. The number of hydrogen-bond acceptors (Lipinski definition) is 3. The van der Waals surface area contributed by atoms with Crippen LogP contribution in [0.3, 0.4) is 0 Å². The summed E-state index contributed by atoms with van der Waals surface area (Å²) in [4.78, 5) is 14.3. The molecular weight excluding hydrogens is 305 g/mol. The van der Waals surface area contributed by atoms with E-state index in [1.54, 1.807) is 12.1 Å². The quantitative estimate of drug-likeness (QED) is 0.789. The van der Waals surface area contributed by atoms with Gasteiger partial charge in [-0.05, 0) is 54.6 Å². The van der Waals surface area contributed by atoms with Crippen molar-refractivity contribution in [3.8, 4) is 0 Å². The van der Waals surface area contributed by atoms with Crippen molar-refractivity contribution in [1.29, 1.82) is 0 Å². The highest BCUT2D eigenvalue weighted by atomic mass is 19.1. The van der Waals surface area contributed by atoms with Crippen LogP contribution in [0.15, 0.2) is 48.5 Å². The largest absolute Gasteiger partial charge is 0.468 e. The number of carbonyl (C=O) groups is 1. The van der Waals surface area contributed by atoms with E-state index in [2.05, 4.69) is 17.0 Å². The number of ether oxygens (including phenoxy) is 1. The second kappa shape index (κ2) is 7.58. The van der Waals surface area contributed by atoms with Gasteiger partial charge in [0.25, 0.3) is 0 Å². The molecule has 1 aliphatic heterocycles. The highest BCUT2D eigenvalue weighted by Crippen LogP contribution is 2.24. The molecule has 1 atom stereocenters. The van der Waals surface area contributed by atoms with E-state index in [1.165, 1.54) is 24.3 Å². The first kappa shape index (κ1) is 16.7. The fourth-order valence-corrected chi connectivity index (χ4v) is 3.36. The normalized spacial score (nSPS) is 17.3. The number of methoxy groups -OCH3 is 1. The molecule has 0 aromatic heterocycles. The molecule has 0 saturated heterocycles. The zero-order valence-corrected chi connectivity index (χ0v) is 13.9. The van der Waals surface area contributed by atoms with Crippen molar-refractivity contribution in [3.05, 3.63) is 71.0 Å². The minimum absolute atomic E-state index is 0.185. The summed E-state index contributed by atoms with van der Waals surface area (Å²) in [6.07, 6.45) is 2.35. The van der Waals surface area contributed by atoms with Crippen molar-refractivity contribution < 1.29 is 13.9 Å². The Morgan fingerprint density at radius 1 is 1.21 bits per heavy atom. The minimum Gasteiger partial charge on any atom is -0.468 e. The van der Waals surface area contributed by atoms with Crippen LogP contribution >= 0.6 is 0 Å². The van der Waals surface area contributed by atoms with Crippen LogP contribution in [-0.4, -0.2) is 30.6 Å². The number of benzene rings is 2. The second-order valence-electron chi connectivity index (χ2n) is 6.22. The van der Waals surface area contributed by atoms with E-state index in [0.29, 0.717) is 6.42 Å². The van der Waals surface area contributed by atoms with Gasteiger partial charge in [-0.25, -0.2) is 4.39 Å². The highest BCUT2D eigenvalue weighted by Gasteiger charge is 2.31. The summed E-state index contributed by atoms with van der Waals surface area (Å²) in [5, 5.41) is 0. The van der Waals surface area contributed by atoms with E-state index in [4.69, 9.17) is 4.74 Å². The van der Waals surface area contributed by atoms with E-state index in [9.17, 15) is 9.18 Å². The summed E-state index contributed by atoms with van der Waals surface area (Å²) in [6.45, 7) is 1.53. The van der Waals surface area contributed by atoms with Crippen LogP contribution in [0.4, 0.5) is 4.39 Å². The lowest BCUT2D eigenvalue weighted by Crippen LogP contribution is -2.46. The molecule has 24 heavy (non-hydrogen) atoms. The monoisotopic (exact) mass is 327 g/mol. The molecule has 0 saturated carbocycles. The molecule has 0 N–H and O–H groups in total. The van der Waals surface area contributed by atoms with Gasteiger partial charge >= 0.3 is 5.97 Å². The van der Waals surface area contributed by atoms with Crippen molar-refractivity contribution in [2.45, 2.75) is 31.8 Å². The summed E-state index contributed by atoms with van der Waals surface area (Å²) in [7, 11) is 1.44. The van der Waals surface area contributed by atoms with Crippen LogP contribution in [-0.2, 0) is 28.9 Å². The third kappa shape index (κ3) is 3.82. The Balaban J connectivity index is 1.66. The lowest BCUT2D eigenvalue weighted by atomic mass is 9.93. The Bertz CT molecular complexity index is 716. The lowest BCUT2D eigenvalue weighted by molar-refractivity contribution is -0.147. The molecule has 2 aromatic carbocycles. The van der Waals surface area contributed by atoms with E-state index in [1.807, 2.05) is 18.2 Å². The topological polar surface area (TPSA) is 29.5 Å². The van der Waals surface area contributed by atoms with E-state index < -0.39 is 0 Å². The predicted molar refractivity (Wildman–Crippen MR) is 91.1 cm³/mol. The summed E-state index contributed by atoms with van der Waals surface area (Å²) >= 11 is 0. The van der Waals surface area contributed by atoms with Crippen molar-refractivity contribution in [3.63, 3.8) is 0 Å². The first-order valence-corrected chi connectivity index (χ1v) is 8.30. The van der Waals surface area contributed by atoms with Crippen LogP contribution in [0.25, 0.3) is 0 Å². The second-order valence-corrected chi connectivity index (χ2v) is 6.22. The number of nitrogens with zero attached hydrogens (tertiary/aromatic N) is 1. The van der Waals surface area contributed by atoms with Gasteiger partial charge in [-0.1, -0.05) is 36.4 Å². The van der Waals surface area contributed by atoms with Gasteiger partial charge in [-0.15, -0.1) is 0 Å². The van der Waals surface area contributed by atoms with E-state index in [-0.39, 0.29) is 17.8 Å². The van der Waals surface area contributed by atoms with Crippen LogP contribution in [0, 0.1) is 5.82 Å². The highest BCUT2D eigenvalue weighted by molar-refractivity contribution is 5.76. The van der Waals surface area contributed by atoms with Crippen molar-refractivity contribution in [1.82, 2.24) is 4.90 Å². The standard InChI is InChI=1S/C20H22FNO2/c1-24-20(23)19-13-16-8-2-3-9-17(16)14-22(19)11-5-7-15-6-4-10-18(21)12-15/h2-4,6,8-10,12,19H,5,7,11,13-14H2,1H3. The third-order valence-electron chi connectivity index (χ3n) is 4.62. The van der Waals surface area contributed by atoms with Crippen LogP contribution < -0.4 is 0 Å². The summed E-state index contributed by atoms with van der Waals surface area (Å²) in [5.41, 5.74) is 3.47. The number of hydrogen-bond donors (Lipinski definition) is 0. The van der Waals surface area contributed by atoms with Gasteiger partial charge < -0.3 is 4.74 Å². The van der Waals surface area contributed by atoms with Crippen molar-refractivity contribution >= 4 is 5.97 Å². The van der Waals surface area contributed by atoms with Crippen LogP contribution in [0.2, 0.25) is 0 Å². The molecule has 126 valence electrons. The number of rotatable bonds is 5. The smallest absolute Gasteiger partial charge is 0.323 e. The van der Waals surface area contributed by atoms with Gasteiger partial charge in [-0.2, -0.15) is 0 Å². The number of aryl methyl sites for hydroxylation is 1. The van der Waals surface area contributed by atoms with Crippen LogP contribution in [0.1, 0.15) is 23.1 Å². The molecule has 3 nitrogen and oxygen atoms in total. The maximum absolute atomic E-state index is 13.3. The van der Waals surface area contributed by atoms with Crippen molar-refractivity contribution in [2.24, 2.45) is 0 Å². The number of fused-ring (bicyclic) bond motifs is 1. The maximum atomic E-state index is 13.3. The zero-order chi connectivity index (χ0) is 16.9. The van der Waals surface area contributed by atoms with Gasteiger partial charge in [-0.3, -0.25) is 9.69 Å². The molecule has 1 aliphatic rings. The molecule has 2 aromatic rings. The molecule has 4 heteroatoms. The Morgan fingerprint density at radius 3 is 2.75 bits per heavy atom. The van der Waals surface area contributed by atoms with Gasteiger partial charge in [0.15, 0.2) is 0 Å². The number of halogens is 1. The first-order valence-electron chi connectivity index (χ1n) is 8.30. The van der Waals surface area contributed by atoms with Gasteiger partial charge in [0.1, 0.15) is 11.9 Å². The lowest BCUT2D eigenvalue weighted by Gasteiger charge is -2.35. The van der Waals surface area contributed by atoms with Gasteiger partial charge in [0, 0.05) is 6.54 Å². The third-order valence-corrected chi connectivity index (χ3v) is 4.62. The molecule has 3 rings (SSSR count). The van der Waals surface area contributed by atoms with E-state index in [0.717, 1.165) is 31.5 Å². The zero-order valence-electron chi connectivity index (χ0n) is 13.9. The molecule has 0 radical (unpaired) electrons. The Kier molecular flexibility index (Phi) is 5.26. The van der Waals surface area contributed by atoms with Gasteiger partial charge in [0.05, 0.1) is 7.11 Å². The summed E-state index contributed by atoms with van der Waals surface area (Å²) < 4.78 is 18.2. The molecule has 0 bridgehead atoms. The average Bonchev–Trinajstić information content (AvgIpc) is 2.60. The molecular formula is C20H22FNO2. The molecule has 0 spiro atoms. The van der Waals surface area contributed by atoms with E-state index >= 15 is 0 Å². The average molecular weight is 327 g/mol. The summed E-state index contributed by atoms with van der Waals surface area (Å²) in [6, 6.07) is 14.7. The Morgan fingerprint density at radius 2 is 2.00 bits per heavy atom. The van der Waals surface area contributed by atoms with Crippen molar-refractivity contribution in [2.75, 3.05) is 13.7 Å². The fourth-order valence-electron chi connectivity index (χ4n) is 3.36. The molecule has 0 aliphatic carbocycles.